The second-order valence-corrected chi connectivity index (χ2v) is 18.8. The van der Waals surface area contributed by atoms with E-state index in [2.05, 4.69) is 26.0 Å². The Kier molecular flexibility index (Phi) is 12.1. The van der Waals surface area contributed by atoms with Gasteiger partial charge in [0.25, 0.3) is 17.7 Å². The number of carbonyl (C=O) groups excluding carboxylic acids is 4. The molecule has 3 amide bonds. The van der Waals surface area contributed by atoms with Gasteiger partial charge in [0.1, 0.15) is 67.1 Å². The van der Waals surface area contributed by atoms with Crippen LogP contribution in [0.15, 0.2) is 5.11 Å². The Labute approximate surface area is 357 Å². The highest BCUT2D eigenvalue weighted by atomic mass is 16.8. The molecule has 0 aromatic rings. The van der Waals surface area contributed by atoms with Crippen LogP contribution in [0.5, 0.6) is 0 Å². The average Bonchev–Trinajstić information content (AvgIpc) is 4.04. The molecule has 8 saturated heterocycles. The van der Waals surface area contributed by atoms with E-state index in [-0.39, 0.29) is 32.3 Å². The van der Waals surface area contributed by atoms with Gasteiger partial charge in [-0.15, -0.1) is 0 Å². The van der Waals surface area contributed by atoms with Crippen LogP contribution >= 0.6 is 0 Å². The fraction of sp³-hybridized carbons (Fsp3) is 0.897. The summed E-state index contributed by atoms with van der Waals surface area (Å²) in [7, 11) is 0. The minimum absolute atomic E-state index is 0.0392. The Morgan fingerprint density at radius 3 is 1.15 bits per heavy atom. The van der Waals surface area contributed by atoms with E-state index in [4.69, 9.17) is 67.1 Å². The Morgan fingerprint density at radius 2 is 0.806 bits per heavy atom. The molecule has 8 rings (SSSR count). The Bertz CT molecular complexity index is 1810. The van der Waals surface area contributed by atoms with Crippen molar-refractivity contribution in [1.82, 2.24) is 16.0 Å². The van der Waals surface area contributed by atoms with Gasteiger partial charge in [-0.2, -0.15) is 0 Å². The highest BCUT2D eigenvalue weighted by molar-refractivity contribution is 5.84. The number of hydrogen-bond acceptors (Lipinski definition) is 18. The van der Waals surface area contributed by atoms with Gasteiger partial charge in [0.15, 0.2) is 47.6 Å². The van der Waals surface area contributed by atoms with Gasteiger partial charge >= 0.3 is 5.97 Å². The summed E-state index contributed by atoms with van der Waals surface area (Å²) in [5.74, 6) is -6.24. The van der Waals surface area contributed by atoms with E-state index in [0.717, 1.165) is 0 Å². The zero-order chi connectivity index (χ0) is 44.7. The second-order valence-electron chi connectivity index (χ2n) is 18.8. The first-order valence-corrected chi connectivity index (χ1v) is 21.1. The second kappa shape index (κ2) is 16.6. The van der Waals surface area contributed by atoms with Crippen LogP contribution in [-0.2, 0) is 80.8 Å². The van der Waals surface area contributed by atoms with E-state index in [0.29, 0.717) is 0 Å². The zero-order valence-electron chi connectivity index (χ0n) is 36.4. The van der Waals surface area contributed by atoms with Gasteiger partial charge in [-0.05, 0) is 74.8 Å². The first kappa shape index (κ1) is 45.3. The molecule has 16 atom stereocenters. The van der Waals surface area contributed by atoms with E-state index in [1.54, 1.807) is 69.2 Å². The predicted molar refractivity (Wildman–Crippen MR) is 204 cm³/mol. The Hall–Kier alpha value is -3.29. The van der Waals surface area contributed by atoms with Crippen molar-refractivity contribution < 1.29 is 80.8 Å². The van der Waals surface area contributed by atoms with Crippen molar-refractivity contribution in [3.8, 4) is 0 Å². The molecule has 8 aliphatic heterocycles. The van der Waals surface area contributed by atoms with Crippen LogP contribution in [-0.4, -0.2) is 177 Å². The van der Waals surface area contributed by atoms with Crippen molar-refractivity contribution in [2.24, 2.45) is 5.11 Å². The first-order valence-electron chi connectivity index (χ1n) is 21.1. The molecule has 0 saturated carbocycles. The number of carbonyl (C=O) groups is 4. The van der Waals surface area contributed by atoms with Crippen molar-refractivity contribution in [3.05, 3.63) is 10.4 Å². The molecule has 0 aromatic carbocycles. The summed E-state index contributed by atoms with van der Waals surface area (Å²) in [4.78, 5) is 56.9. The molecule has 23 heteroatoms. The number of esters is 1. The summed E-state index contributed by atoms with van der Waals surface area (Å²) < 4.78 is 78.4. The lowest BCUT2D eigenvalue weighted by molar-refractivity contribution is -0.197. The van der Waals surface area contributed by atoms with Crippen LogP contribution in [0.2, 0.25) is 0 Å². The molecular weight excluding hydrogens is 824 g/mol. The predicted octanol–water partition coefficient (Wildman–Crippen LogP) is -0.253. The van der Waals surface area contributed by atoms with Crippen LogP contribution in [0.25, 0.3) is 10.4 Å². The number of rotatable bonds is 13. The number of nitrogens with one attached hydrogen (secondary N) is 3. The number of hydrogen-bond donors (Lipinski definition) is 3. The molecule has 62 heavy (non-hydrogen) atoms. The molecule has 8 heterocycles. The fourth-order valence-electron chi connectivity index (χ4n) is 9.51. The summed E-state index contributed by atoms with van der Waals surface area (Å²) in [5.41, 5.74) is 8.85. The van der Waals surface area contributed by atoms with Crippen molar-refractivity contribution in [2.45, 2.75) is 196 Å². The summed E-state index contributed by atoms with van der Waals surface area (Å²) >= 11 is 0. The third-order valence-electron chi connectivity index (χ3n) is 11.7. The van der Waals surface area contributed by atoms with Gasteiger partial charge in [0.05, 0.1) is 18.8 Å². The van der Waals surface area contributed by atoms with Gasteiger partial charge in [-0.1, -0.05) is 5.11 Å². The minimum Gasteiger partial charge on any atom is -0.461 e. The van der Waals surface area contributed by atoms with Gasteiger partial charge in [0, 0.05) is 24.5 Å². The van der Waals surface area contributed by atoms with Crippen LogP contribution in [0.4, 0.5) is 0 Å². The summed E-state index contributed by atoms with van der Waals surface area (Å²) in [6, 6.07) is 0. The molecule has 0 bridgehead atoms. The molecule has 0 radical (unpaired) electrons. The van der Waals surface area contributed by atoms with Crippen molar-refractivity contribution in [1.29, 1.82) is 0 Å². The molecule has 8 aliphatic rings. The molecular formula is C39H58N6O17. The fourth-order valence-corrected chi connectivity index (χ4v) is 9.51. The van der Waals surface area contributed by atoms with Crippen LogP contribution < -0.4 is 16.0 Å². The van der Waals surface area contributed by atoms with Crippen LogP contribution in [0.1, 0.15) is 69.2 Å². The molecule has 0 unspecified atom stereocenters. The van der Waals surface area contributed by atoms with Crippen LogP contribution in [0, 0.1) is 0 Å². The summed E-state index contributed by atoms with van der Waals surface area (Å²) in [6.07, 6.45) is -13.7. The molecule has 8 fully saturated rings. The SMILES string of the molecule is CC(C)OC(=O)[C@@H]1O[C@H](CNC(=O)[C@@H]2O[C@H](CNC(=O)[C@H]3O[C@H](CNC(=O)[C@@H]4O[C@H](CN=[N+]=[N-])[C@@H]5OC(C)(C)O[C@@H]54)[C@@H]4OC(C)(C)O[C@@H]43)[C@@H]3OC(C)(C)O[C@@H]32)[C@@H]2OC(C)(C)O[C@@H]21. The molecule has 0 aliphatic carbocycles. The zero-order valence-corrected chi connectivity index (χ0v) is 36.4. The lowest BCUT2D eigenvalue weighted by atomic mass is 10.1. The van der Waals surface area contributed by atoms with Crippen molar-refractivity contribution in [3.63, 3.8) is 0 Å². The van der Waals surface area contributed by atoms with Crippen LogP contribution in [0.3, 0.4) is 0 Å². The van der Waals surface area contributed by atoms with Gasteiger partial charge < -0.3 is 77.5 Å². The monoisotopic (exact) mass is 882 g/mol. The first-order chi connectivity index (χ1) is 29.0. The van der Waals surface area contributed by atoms with Gasteiger partial charge in [-0.3, -0.25) is 14.4 Å². The minimum atomic E-state index is -1.14. The Balaban J connectivity index is 0.876. The Morgan fingerprint density at radius 1 is 0.516 bits per heavy atom. The maximum Gasteiger partial charge on any atom is 0.338 e. The molecule has 23 nitrogen and oxygen atoms in total. The van der Waals surface area contributed by atoms with Gasteiger partial charge in [-0.25, -0.2) is 4.79 Å². The molecule has 0 spiro atoms. The number of azide groups is 1. The van der Waals surface area contributed by atoms with E-state index in [1.807, 2.05) is 0 Å². The highest BCUT2D eigenvalue weighted by Gasteiger charge is 2.62. The standard InChI is InChI=1S/C39H58N6O17/c1-15(2)50-35(49)31-27-22(57-39(9,10)62-27)18(54-31)13-43-33(47)29-25-20(55-37(5,6)60-25)16(52-29)11-41-32(46)28-24-21(56-36(3,4)59-24)17(51-28)12-42-34(48)30-26-23(58-38(7,8)61-26)19(53-30)14-44-45-40/h15-31H,11-14H2,1-10H3,(H,41,46)(H,42,48)(H,43,47)/t16-,17-,18-,19-,20+,21+,22+,23+,24+,25+,26+,27+,28+,29-,30-,31-/m1/s1. The van der Waals surface area contributed by atoms with E-state index in [9.17, 15) is 19.2 Å². The lowest BCUT2D eigenvalue weighted by Crippen LogP contribution is -2.47. The third kappa shape index (κ3) is 9.02. The number of ether oxygens (including phenoxy) is 13. The number of amides is 3. The highest BCUT2D eigenvalue weighted by Crippen LogP contribution is 2.43. The largest absolute Gasteiger partial charge is 0.461 e. The maximum atomic E-state index is 13.9. The van der Waals surface area contributed by atoms with E-state index < -0.39 is 145 Å². The number of fused-ring (bicyclic) bond motifs is 4. The topological polar surface area (TPSA) is 273 Å². The third-order valence-corrected chi connectivity index (χ3v) is 11.7. The average molecular weight is 883 g/mol. The summed E-state index contributed by atoms with van der Waals surface area (Å²) in [6.45, 7) is 17.0. The molecule has 0 aromatic heterocycles. The lowest BCUT2D eigenvalue weighted by Gasteiger charge is -2.26. The quantitative estimate of drug-likeness (QED) is 0.0931. The van der Waals surface area contributed by atoms with E-state index in [1.165, 1.54) is 0 Å². The van der Waals surface area contributed by atoms with E-state index >= 15 is 0 Å². The van der Waals surface area contributed by atoms with Crippen molar-refractivity contribution in [2.75, 3.05) is 26.2 Å². The van der Waals surface area contributed by atoms with Gasteiger partial charge in [0.2, 0.25) is 0 Å². The maximum absolute atomic E-state index is 13.9. The van der Waals surface area contributed by atoms with Crippen molar-refractivity contribution >= 4 is 23.7 Å². The molecule has 346 valence electrons. The summed E-state index contributed by atoms with van der Waals surface area (Å²) in [5, 5.41) is 12.2. The normalized spacial score (nSPS) is 42.4. The molecule has 3 N–H and O–H groups in total. The smallest absolute Gasteiger partial charge is 0.338 e. The number of nitrogens with zero attached hydrogens (tertiary/aromatic N) is 3.